The summed E-state index contributed by atoms with van der Waals surface area (Å²) in [5.41, 5.74) is 0.602. The number of hydrogen-bond acceptors (Lipinski definition) is 4. The monoisotopic (exact) mass is 402 g/mol. The molecule has 0 saturated carbocycles. The molecule has 2 heterocycles. The van der Waals surface area contributed by atoms with Gasteiger partial charge < -0.3 is 14.7 Å². The van der Waals surface area contributed by atoms with Crippen molar-refractivity contribution in [2.24, 2.45) is 5.10 Å². The van der Waals surface area contributed by atoms with Crippen molar-refractivity contribution in [3.8, 4) is 5.75 Å². The second-order valence-corrected chi connectivity index (χ2v) is 6.59. The van der Waals surface area contributed by atoms with Crippen LogP contribution in [0.3, 0.4) is 0 Å². The summed E-state index contributed by atoms with van der Waals surface area (Å²) in [7, 11) is 1.54. The minimum absolute atomic E-state index is 0.234. The summed E-state index contributed by atoms with van der Waals surface area (Å²) in [5.74, 6) is 0.615. The van der Waals surface area contributed by atoms with E-state index >= 15 is 0 Å². The van der Waals surface area contributed by atoms with E-state index in [1.54, 1.807) is 43.5 Å². The fourth-order valence-electron chi connectivity index (χ4n) is 2.78. The number of aromatic nitrogens is 3. The summed E-state index contributed by atoms with van der Waals surface area (Å²) in [6.45, 7) is 0. The molecule has 0 spiro atoms. The van der Waals surface area contributed by atoms with Gasteiger partial charge in [-0.15, -0.1) is 4.68 Å². The van der Waals surface area contributed by atoms with E-state index < -0.39 is 11.2 Å². The van der Waals surface area contributed by atoms with Crippen molar-refractivity contribution < 1.29 is 4.74 Å². The van der Waals surface area contributed by atoms with Crippen LogP contribution in [0.15, 0.2) is 51.1 Å². The van der Waals surface area contributed by atoms with E-state index in [-0.39, 0.29) is 5.52 Å². The lowest BCUT2D eigenvalue weighted by Crippen LogP contribution is -2.32. The second-order valence-electron chi connectivity index (χ2n) is 5.74. The molecule has 0 radical (unpaired) electrons. The zero-order chi connectivity index (χ0) is 19.1. The van der Waals surface area contributed by atoms with Crippen molar-refractivity contribution in [3.63, 3.8) is 0 Å². The fraction of sp³-hybridized carbons (Fsp3) is 0.0556. The van der Waals surface area contributed by atoms with Gasteiger partial charge in [0, 0.05) is 21.5 Å². The predicted molar refractivity (Wildman–Crippen MR) is 107 cm³/mol. The van der Waals surface area contributed by atoms with E-state index in [9.17, 15) is 9.59 Å². The number of aromatic amines is 2. The Morgan fingerprint density at radius 1 is 1.07 bits per heavy atom. The molecule has 9 heteroatoms. The van der Waals surface area contributed by atoms with Crippen LogP contribution in [-0.4, -0.2) is 28.0 Å². The molecule has 0 atom stereocenters. The molecule has 0 aliphatic carbocycles. The van der Waals surface area contributed by atoms with Gasteiger partial charge in [-0.2, -0.15) is 5.10 Å². The van der Waals surface area contributed by atoms with E-state index in [1.165, 1.54) is 6.21 Å². The molecule has 0 bridgehead atoms. The van der Waals surface area contributed by atoms with Crippen LogP contribution in [0, 0.1) is 0 Å². The van der Waals surface area contributed by atoms with Crippen LogP contribution in [0.4, 0.5) is 0 Å². The molecule has 0 fully saturated rings. The first-order valence-corrected chi connectivity index (χ1v) is 8.57. The summed E-state index contributed by atoms with van der Waals surface area (Å²) in [5, 5.41) is 5.49. The Hall–Kier alpha value is -3.03. The first kappa shape index (κ1) is 17.4. The van der Waals surface area contributed by atoms with Crippen molar-refractivity contribution in [3.05, 3.63) is 72.8 Å². The molecular formula is C18H12Cl2N4O3. The molecule has 136 valence electrons. The fourth-order valence-corrected chi connectivity index (χ4v) is 3.23. The highest BCUT2D eigenvalue weighted by molar-refractivity contribution is 6.36. The topological polar surface area (TPSA) is 92.2 Å². The van der Waals surface area contributed by atoms with E-state index in [0.717, 1.165) is 4.68 Å². The number of hydrogen-bond donors (Lipinski definition) is 2. The van der Waals surface area contributed by atoms with Gasteiger partial charge in [0.15, 0.2) is 0 Å². The van der Waals surface area contributed by atoms with Gasteiger partial charge in [0.25, 0.3) is 0 Å². The van der Waals surface area contributed by atoms with Gasteiger partial charge in [0.2, 0.25) is 0 Å². The molecule has 2 aromatic carbocycles. The lowest BCUT2D eigenvalue weighted by molar-refractivity contribution is 0.415. The van der Waals surface area contributed by atoms with Crippen LogP contribution in [0.5, 0.6) is 5.75 Å². The standard InChI is InChI=1S/C18H12Cl2N4O3/c1-27-11-4-5-14-12(7-11)15-16(22-14)17(25)24(18(26)23-15)21-8-9-2-3-10(19)6-13(9)20/h2-8,22H,1H3,(H,23,26). The zero-order valence-electron chi connectivity index (χ0n) is 13.9. The summed E-state index contributed by atoms with van der Waals surface area (Å²) in [4.78, 5) is 30.8. The maximum atomic E-state index is 12.7. The normalized spacial score (nSPS) is 11.7. The lowest BCUT2D eigenvalue weighted by atomic mass is 10.2. The van der Waals surface area contributed by atoms with E-state index in [4.69, 9.17) is 27.9 Å². The van der Waals surface area contributed by atoms with Crippen molar-refractivity contribution in [1.82, 2.24) is 14.6 Å². The number of fused-ring (bicyclic) bond motifs is 3. The largest absolute Gasteiger partial charge is 0.497 e. The van der Waals surface area contributed by atoms with Crippen molar-refractivity contribution in [2.45, 2.75) is 0 Å². The first-order chi connectivity index (χ1) is 13.0. The SMILES string of the molecule is COc1ccc2[nH]c3c(=O)n(N=Cc4ccc(Cl)cc4Cl)c(=O)[nH]c3c2c1. The Morgan fingerprint density at radius 3 is 2.63 bits per heavy atom. The molecule has 2 N–H and O–H groups in total. The third kappa shape index (κ3) is 3.01. The van der Waals surface area contributed by atoms with Crippen LogP contribution in [0.1, 0.15) is 5.56 Å². The Morgan fingerprint density at radius 2 is 1.89 bits per heavy atom. The predicted octanol–water partition coefficient (Wildman–Crippen LogP) is 3.37. The molecule has 0 unspecified atom stereocenters. The van der Waals surface area contributed by atoms with E-state index in [1.807, 2.05) is 0 Å². The number of benzene rings is 2. The summed E-state index contributed by atoms with van der Waals surface area (Å²) in [6, 6.07) is 10.1. The minimum atomic E-state index is -0.669. The minimum Gasteiger partial charge on any atom is -0.497 e. The molecule has 27 heavy (non-hydrogen) atoms. The van der Waals surface area contributed by atoms with Gasteiger partial charge >= 0.3 is 11.2 Å². The van der Waals surface area contributed by atoms with Crippen LogP contribution in [0.2, 0.25) is 10.0 Å². The number of rotatable bonds is 3. The van der Waals surface area contributed by atoms with Crippen LogP contribution in [-0.2, 0) is 0 Å². The summed E-state index contributed by atoms with van der Waals surface area (Å²) < 4.78 is 5.93. The van der Waals surface area contributed by atoms with Gasteiger partial charge in [-0.05, 0) is 30.3 Å². The Balaban J connectivity index is 1.89. The van der Waals surface area contributed by atoms with Gasteiger partial charge in [-0.25, -0.2) is 4.79 Å². The molecule has 0 aliphatic rings. The highest BCUT2D eigenvalue weighted by Gasteiger charge is 2.13. The van der Waals surface area contributed by atoms with E-state index in [0.29, 0.717) is 37.8 Å². The molecule has 0 amide bonds. The maximum absolute atomic E-state index is 12.7. The number of methoxy groups -OCH3 is 1. The molecule has 4 rings (SSSR count). The summed E-state index contributed by atoms with van der Waals surface area (Å²) in [6.07, 6.45) is 1.33. The highest BCUT2D eigenvalue weighted by atomic mass is 35.5. The third-order valence-corrected chi connectivity index (χ3v) is 4.67. The lowest BCUT2D eigenvalue weighted by Gasteiger charge is -2.00. The summed E-state index contributed by atoms with van der Waals surface area (Å²) >= 11 is 11.9. The van der Waals surface area contributed by atoms with Crippen molar-refractivity contribution in [2.75, 3.05) is 7.11 Å². The number of nitrogens with zero attached hydrogens (tertiary/aromatic N) is 2. The number of nitrogens with one attached hydrogen (secondary N) is 2. The van der Waals surface area contributed by atoms with Crippen molar-refractivity contribution in [1.29, 1.82) is 0 Å². The first-order valence-electron chi connectivity index (χ1n) is 7.82. The molecule has 0 saturated heterocycles. The van der Waals surface area contributed by atoms with Gasteiger partial charge in [-0.1, -0.05) is 29.3 Å². The molecular weight excluding hydrogens is 391 g/mol. The van der Waals surface area contributed by atoms with Gasteiger partial charge in [0.1, 0.15) is 11.3 Å². The molecule has 7 nitrogen and oxygen atoms in total. The maximum Gasteiger partial charge on any atom is 0.350 e. The quantitative estimate of drug-likeness (QED) is 0.514. The Bertz CT molecular complexity index is 1330. The zero-order valence-corrected chi connectivity index (χ0v) is 15.4. The third-order valence-electron chi connectivity index (χ3n) is 4.11. The number of H-pyrrole nitrogens is 2. The molecule has 4 aromatic rings. The van der Waals surface area contributed by atoms with Crippen LogP contribution < -0.4 is 16.0 Å². The Labute approximate surface area is 161 Å². The van der Waals surface area contributed by atoms with Crippen LogP contribution >= 0.6 is 23.2 Å². The van der Waals surface area contributed by atoms with E-state index in [2.05, 4.69) is 15.1 Å². The van der Waals surface area contributed by atoms with Crippen LogP contribution in [0.25, 0.3) is 21.9 Å². The second kappa shape index (κ2) is 6.61. The molecule has 0 aliphatic heterocycles. The van der Waals surface area contributed by atoms with Gasteiger partial charge in [0.05, 0.1) is 23.9 Å². The highest BCUT2D eigenvalue weighted by Crippen LogP contribution is 2.25. The number of halogens is 2. The average Bonchev–Trinajstić information content (AvgIpc) is 3.01. The Kier molecular flexibility index (Phi) is 4.25. The smallest absolute Gasteiger partial charge is 0.350 e. The average molecular weight is 403 g/mol. The van der Waals surface area contributed by atoms with Crippen molar-refractivity contribution >= 4 is 51.4 Å². The molecule has 2 aromatic heterocycles. The number of ether oxygens (including phenoxy) is 1. The van der Waals surface area contributed by atoms with Gasteiger partial charge in [-0.3, -0.25) is 4.79 Å².